The van der Waals surface area contributed by atoms with Crippen molar-refractivity contribution in [3.63, 3.8) is 0 Å². The SMILES string of the molecule is CCC1(C)C2(C)C(C)C(C)(CC(C)(C)C1(C)C)C2C. The summed E-state index contributed by atoms with van der Waals surface area (Å²) in [5.41, 5.74) is 2.21. The second-order valence-electron chi connectivity index (χ2n) is 9.60. The highest BCUT2D eigenvalue weighted by molar-refractivity contribution is 5.23. The molecule has 0 saturated heterocycles. The first kappa shape index (κ1) is 15.4. The molecule has 0 nitrogen and oxygen atoms in total. The predicted octanol–water partition coefficient (Wildman–Crippen LogP) is 6.16. The highest BCUT2D eigenvalue weighted by Crippen LogP contribution is 2.81. The second-order valence-corrected chi connectivity index (χ2v) is 9.60. The Morgan fingerprint density at radius 2 is 1.26 bits per heavy atom. The molecule has 3 unspecified atom stereocenters. The van der Waals surface area contributed by atoms with Crippen LogP contribution >= 0.6 is 0 Å². The summed E-state index contributed by atoms with van der Waals surface area (Å²) in [7, 11) is 0. The molecule has 3 saturated carbocycles. The molecule has 0 aromatic carbocycles. The van der Waals surface area contributed by atoms with Gasteiger partial charge >= 0.3 is 0 Å². The Morgan fingerprint density at radius 1 is 0.842 bits per heavy atom. The van der Waals surface area contributed by atoms with Crippen molar-refractivity contribution in [2.75, 3.05) is 0 Å². The summed E-state index contributed by atoms with van der Waals surface area (Å²) in [4.78, 5) is 0. The van der Waals surface area contributed by atoms with Crippen molar-refractivity contribution >= 4 is 0 Å². The highest BCUT2D eigenvalue weighted by atomic mass is 14.8. The lowest BCUT2D eigenvalue weighted by Gasteiger charge is -2.71. The quantitative estimate of drug-likeness (QED) is 0.532. The first-order valence-corrected chi connectivity index (χ1v) is 8.33. The molecule has 0 aliphatic heterocycles. The summed E-state index contributed by atoms with van der Waals surface area (Å²) in [6, 6.07) is 0. The Balaban J connectivity index is 2.72. The van der Waals surface area contributed by atoms with E-state index in [-0.39, 0.29) is 0 Å². The molecule has 3 aliphatic carbocycles. The van der Waals surface area contributed by atoms with E-state index in [0.29, 0.717) is 27.1 Å². The smallest absolute Gasteiger partial charge is 0.0205 e. The molecule has 112 valence electrons. The predicted molar refractivity (Wildman–Crippen MR) is 85.1 cm³/mol. The maximum absolute atomic E-state index is 2.59. The van der Waals surface area contributed by atoms with E-state index in [1.165, 1.54) is 12.8 Å². The minimum Gasteiger partial charge on any atom is -0.0648 e. The second kappa shape index (κ2) is 3.60. The molecule has 0 heteroatoms. The zero-order valence-corrected chi connectivity index (χ0v) is 15.1. The van der Waals surface area contributed by atoms with Crippen molar-refractivity contribution in [1.82, 2.24) is 0 Å². The van der Waals surface area contributed by atoms with Crippen molar-refractivity contribution in [2.45, 2.75) is 82.1 Å². The summed E-state index contributed by atoms with van der Waals surface area (Å²) < 4.78 is 0. The summed E-state index contributed by atoms with van der Waals surface area (Å²) in [6.45, 7) is 25.4. The van der Waals surface area contributed by atoms with E-state index < -0.39 is 0 Å². The lowest BCUT2D eigenvalue weighted by atomic mass is 9.33. The van der Waals surface area contributed by atoms with Gasteiger partial charge in [-0.05, 0) is 51.8 Å². The van der Waals surface area contributed by atoms with Crippen LogP contribution in [0.3, 0.4) is 0 Å². The van der Waals surface area contributed by atoms with Gasteiger partial charge in [0.05, 0.1) is 0 Å². The van der Waals surface area contributed by atoms with Gasteiger partial charge in [0.2, 0.25) is 0 Å². The van der Waals surface area contributed by atoms with Gasteiger partial charge in [0.15, 0.2) is 0 Å². The zero-order valence-electron chi connectivity index (χ0n) is 15.1. The first-order chi connectivity index (χ1) is 8.33. The highest BCUT2D eigenvalue weighted by Gasteiger charge is 2.75. The van der Waals surface area contributed by atoms with E-state index in [1.807, 2.05) is 0 Å². The lowest BCUT2D eigenvalue weighted by Crippen LogP contribution is -2.66. The Kier molecular flexibility index (Phi) is 2.92. The van der Waals surface area contributed by atoms with E-state index in [9.17, 15) is 0 Å². The third kappa shape index (κ3) is 1.28. The van der Waals surface area contributed by atoms with Crippen LogP contribution in [0.25, 0.3) is 0 Å². The molecule has 0 amide bonds. The van der Waals surface area contributed by atoms with Gasteiger partial charge in [-0.2, -0.15) is 0 Å². The average Bonchev–Trinajstić information content (AvgIpc) is 2.36. The molecule has 3 rings (SSSR count). The minimum absolute atomic E-state index is 0.375. The van der Waals surface area contributed by atoms with E-state index in [1.54, 1.807) is 0 Å². The number of fused-ring (bicyclic) bond motifs is 3. The van der Waals surface area contributed by atoms with Gasteiger partial charge in [0, 0.05) is 0 Å². The summed E-state index contributed by atoms with van der Waals surface area (Å²) in [6.07, 6.45) is 2.67. The van der Waals surface area contributed by atoms with Crippen LogP contribution in [0.2, 0.25) is 0 Å². The molecular weight excluding hydrogens is 228 g/mol. The van der Waals surface area contributed by atoms with Crippen LogP contribution in [0.5, 0.6) is 0 Å². The van der Waals surface area contributed by atoms with Crippen molar-refractivity contribution in [3.05, 3.63) is 0 Å². The Labute approximate surface area is 121 Å². The lowest BCUT2D eigenvalue weighted by molar-refractivity contribution is -0.236. The molecule has 0 spiro atoms. The Morgan fingerprint density at radius 3 is 1.63 bits per heavy atom. The van der Waals surface area contributed by atoms with Crippen LogP contribution in [0.15, 0.2) is 0 Å². The van der Waals surface area contributed by atoms with Crippen LogP contribution < -0.4 is 0 Å². The van der Waals surface area contributed by atoms with Crippen molar-refractivity contribution in [1.29, 1.82) is 0 Å². The first-order valence-electron chi connectivity index (χ1n) is 8.33. The molecule has 3 fully saturated rings. The maximum Gasteiger partial charge on any atom is -0.0205 e. The van der Waals surface area contributed by atoms with Crippen LogP contribution in [0, 0.1) is 38.9 Å². The van der Waals surface area contributed by atoms with Crippen LogP contribution in [0.1, 0.15) is 82.1 Å². The monoisotopic (exact) mass is 264 g/mol. The maximum atomic E-state index is 2.59. The standard InChI is InChI=1S/C19H36/c1-11-18(9)16(6,7)15(4,5)12-17(8)13(2)19(18,10)14(17)3/h13-14H,11-12H2,1-10H3. The third-order valence-corrected chi connectivity index (χ3v) is 9.57. The topological polar surface area (TPSA) is 0 Å². The summed E-state index contributed by atoms with van der Waals surface area (Å²) >= 11 is 0. The van der Waals surface area contributed by atoms with Crippen LogP contribution in [-0.4, -0.2) is 0 Å². The van der Waals surface area contributed by atoms with Gasteiger partial charge in [-0.15, -0.1) is 0 Å². The molecule has 0 N–H and O–H groups in total. The summed E-state index contributed by atoms with van der Waals surface area (Å²) in [5.74, 6) is 1.67. The van der Waals surface area contributed by atoms with E-state index in [4.69, 9.17) is 0 Å². The molecule has 3 atom stereocenters. The number of rotatable bonds is 1. The van der Waals surface area contributed by atoms with E-state index in [2.05, 4.69) is 69.2 Å². The molecular formula is C19H36. The van der Waals surface area contributed by atoms with Gasteiger partial charge in [0.25, 0.3) is 0 Å². The molecule has 0 radical (unpaired) electrons. The zero-order chi connectivity index (χ0) is 15.1. The van der Waals surface area contributed by atoms with Crippen molar-refractivity contribution < 1.29 is 0 Å². The van der Waals surface area contributed by atoms with Crippen LogP contribution in [0.4, 0.5) is 0 Å². The van der Waals surface area contributed by atoms with Crippen molar-refractivity contribution in [2.24, 2.45) is 38.9 Å². The number of hydrogen-bond donors (Lipinski definition) is 0. The third-order valence-electron chi connectivity index (χ3n) is 9.57. The minimum atomic E-state index is 0.375. The average molecular weight is 264 g/mol. The molecule has 19 heavy (non-hydrogen) atoms. The molecule has 2 bridgehead atoms. The van der Waals surface area contributed by atoms with E-state index >= 15 is 0 Å². The number of hydrogen-bond acceptors (Lipinski definition) is 0. The van der Waals surface area contributed by atoms with Crippen LogP contribution in [-0.2, 0) is 0 Å². The molecule has 0 heterocycles. The molecule has 0 aromatic heterocycles. The fraction of sp³-hybridized carbons (Fsp3) is 1.00. The van der Waals surface area contributed by atoms with Gasteiger partial charge in [-0.1, -0.05) is 69.2 Å². The van der Waals surface area contributed by atoms with E-state index in [0.717, 1.165) is 11.8 Å². The summed E-state index contributed by atoms with van der Waals surface area (Å²) in [5, 5.41) is 0. The Bertz CT molecular complexity index is 377. The van der Waals surface area contributed by atoms with Gasteiger partial charge in [-0.3, -0.25) is 0 Å². The normalized spacial score (nSPS) is 55.3. The van der Waals surface area contributed by atoms with Crippen molar-refractivity contribution in [3.8, 4) is 0 Å². The Hall–Kier alpha value is 0. The fourth-order valence-corrected chi connectivity index (χ4v) is 6.70. The van der Waals surface area contributed by atoms with Gasteiger partial charge in [0.1, 0.15) is 0 Å². The van der Waals surface area contributed by atoms with Gasteiger partial charge in [-0.25, -0.2) is 0 Å². The largest absolute Gasteiger partial charge is 0.0648 e. The molecule has 3 aliphatic rings. The van der Waals surface area contributed by atoms with Gasteiger partial charge < -0.3 is 0 Å². The molecule has 0 aromatic rings. The fourth-order valence-electron chi connectivity index (χ4n) is 6.70.